The number of carbonyl (C=O) groups excluding carboxylic acids is 1. The molecule has 0 fully saturated rings. The third kappa shape index (κ3) is 2.19. The lowest BCUT2D eigenvalue weighted by molar-refractivity contribution is 0.0536. The zero-order chi connectivity index (χ0) is 15.1. The quantitative estimate of drug-likeness (QED) is 0.555. The van der Waals surface area contributed by atoms with Gasteiger partial charge in [0.15, 0.2) is 0 Å². The van der Waals surface area contributed by atoms with Crippen LogP contribution in [0.1, 0.15) is 15.9 Å². The van der Waals surface area contributed by atoms with Gasteiger partial charge in [0, 0.05) is 19.8 Å². The Morgan fingerprint density at radius 3 is 2.32 bits per heavy atom. The molecule has 2 aromatic carbocycles. The molecule has 0 unspecified atom stereocenters. The van der Waals surface area contributed by atoms with Gasteiger partial charge in [-0.2, -0.15) is 0 Å². The van der Waals surface area contributed by atoms with E-state index in [1.54, 1.807) is 11.3 Å². The lowest BCUT2D eigenvalue weighted by Crippen LogP contribution is -1.94. The molecule has 0 amide bonds. The summed E-state index contributed by atoms with van der Waals surface area (Å²) in [6.07, 6.45) is 0. The van der Waals surface area contributed by atoms with E-state index in [0.717, 1.165) is 36.5 Å². The fourth-order valence-corrected chi connectivity index (χ4v) is 4.23. The minimum Gasteiger partial charge on any atom is -0.457 e. The van der Waals surface area contributed by atoms with Crippen LogP contribution in [0.5, 0.6) is 0 Å². The zero-order valence-electron chi connectivity index (χ0n) is 11.5. The van der Waals surface area contributed by atoms with Crippen LogP contribution in [-0.4, -0.2) is 5.97 Å². The van der Waals surface area contributed by atoms with Gasteiger partial charge in [-0.3, -0.25) is 0 Å². The molecule has 1 aliphatic rings. The molecule has 108 valence electrons. The molecular formula is C18H11BrO2S. The predicted molar refractivity (Wildman–Crippen MR) is 92.0 cm³/mol. The van der Waals surface area contributed by atoms with Crippen LogP contribution in [-0.2, 0) is 11.3 Å². The molecular weight excluding hydrogens is 360 g/mol. The first kappa shape index (κ1) is 13.7. The Kier molecular flexibility index (Phi) is 3.36. The lowest BCUT2D eigenvalue weighted by atomic mass is 10.0. The van der Waals surface area contributed by atoms with Gasteiger partial charge in [-0.15, -0.1) is 11.3 Å². The van der Waals surface area contributed by atoms with E-state index in [9.17, 15) is 4.79 Å². The summed E-state index contributed by atoms with van der Waals surface area (Å²) < 4.78 is 6.29. The highest BCUT2D eigenvalue weighted by Crippen LogP contribution is 2.45. The number of hydrogen-bond acceptors (Lipinski definition) is 3. The molecule has 4 rings (SSSR count). The first-order valence-corrected chi connectivity index (χ1v) is 8.49. The third-order valence-electron chi connectivity index (χ3n) is 3.70. The molecule has 22 heavy (non-hydrogen) atoms. The second-order valence-electron chi connectivity index (χ2n) is 5.06. The Bertz CT molecular complexity index is 851. The van der Waals surface area contributed by atoms with Crippen molar-refractivity contribution in [2.24, 2.45) is 0 Å². The van der Waals surface area contributed by atoms with Crippen LogP contribution < -0.4 is 0 Å². The van der Waals surface area contributed by atoms with E-state index in [1.807, 2.05) is 42.5 Å². The summed E-state index contributed by atoms with van der Waals surface area (Å²) in [5, 5.41) is 0. The first-order valence-electron chi connectivity index (χ1n) is 6.88. The Hall–Kier alpha value is -1.91. The molecule has 0 bridgehead atoms. The van der Waals surface area contributed by atoms with Gasteiger partial charge in [-0.1, -0.05) is 58.4 Å². The Balaban J connectivity index is 1.93. The van der Waals surface area contributed by atoms with Crippen LogP contribution in [0.2, 0.25) is 0 Å². The number of hydrogen-bond donors (Lipinski definition) is 0. The van der Waals surface area contributed by atoms with E-state index in [2.05, 4.69) is 28.1 Å². The molecule has 4 heteroatoms. The van der Waals surface area contributed by atoms with E-state index in [0.29, 0.717) is 6.61 Å². The number of cyclic esters (lactones) is 1. The van der Waals surface area contributed by atoms with Crippen molar-refractivity contribution in [1.29, 1.82) is 0 Å². The van der Waals surface area contributed by atoms with Crippen LogP contribution in [0.25, 0.3) is 20.9 Å². The number of ether oxygens (including phenoxy) is 1. The minimum absolute atomic E-state index is 0.216. The van der Waals surface area contributed by atoms with Crippen LogP contribution >= 0.6 is 27.3 Å². The Morgan fingerprint density at radius 2 is 1.59 bits per heavy atom. The van der Waals surface area contributed by atoms with E-state index in [4.69, 9.17) is 4.74 Å². The van der Waals surface area contributed by atoms with Crippen molar-refractivity contribution in [1.82, 2.24) is 0 Å². The molecule has 2 heterocycles. The van der Waals surface area contributed by atoms with E-state index in [1.165, 1.54) is 0 Å². The lowest BCUT2D eigenvalue weighted by Gasteiger charge is -2.01. The van der Waals surface area contributed by atoms with Crippen LogP contribution in [0, 0.1) is 0 Å². The van der Waals surface area contributed by atoms with E-state index in [-0.39, 0.29) is 5.97 Å². The molecule has 0 saturated heterocycles. The maximum atomic E-state index is 12.1. The minimum atomic E-state index is -0.216. The largest absolute Gasteiger partial charge is 0.457 e. The highest BCUT2D eigenvalue weighted by Gasteiger charge is 2.31. The monoisotopic (exact) mass is 370 g/mol. The van der Waals surface area contributed by atoms with Gasteiger partial charge in [0.2, 0.25) is 0 Å². The van der Waals surface area contributed by atoms with E-state index >= 15 is 0 Å². The number of fused-ring (bicyclic) bond motifs is 1. The maximum Gasteiger partial charge on any atom is 0.340 e. The summed E-state index contributed by atoms with van der Waals surface area (Å²) in [5.41, 5.74) is 3.92. The van der Waals surface area contributed by atoms with Crippen molar-refractivity contribution in [3.05, 3.63) is 70.2 Å². The van der Waals surface area contributed by atoms with E-state index < -0.39 is 0 Å². The molecule has 1 aliphatic heterocycles. The summed E-state index contributed by atoms with van der Waals surface area (Å²) >= 11 is 5.11. The summed E-state index contributed by atoms with van der Waals surface area (Å²) in [5.74, 6) is -0.216. The summed E-state index contributed by atoms with van der Waals surface area (Å²) in [7, 11) is 0. The third-order valence-corrected chi connectivity index (χ3v) is 5.56. The van der Waals surface area contributed by atoms with Gasteiger partial charge in [-0.25, -0.2) is 4.79 Å². The molecule has 0 N–H and O–H groups in total. The Labute approximate surface area is 140 Å². The molecule has 0 aliphatic carbocycles. The molecule has 0 radical (unpaired) electrons. The van der Waals surface area contributed by atoms with Gasteiger partial charge in [-0.05, 0) is 23.3 Å². The first-order chi connectivity index (χ1) is 10.7. The number of benzene rings is 2. The summed E-state index contributed by atoms with van der Waals surface area (Å²) in [6.45, 7) is 0.366. The Morgan fingerprint density at radius 1 is 0.909 bits per heavy atom. The fraction of sp³-hybridized carbons (Fsp3) is 0.0556. The highest BCUT2D eigenvalue weighted by atomic mass is 79.9. The molecule has 1 aromatic heterocycles. The van der Waals surface area contributed by atoms with Crippen molar-refractivity contribution >= 4 is 33.2 Å². The summed E-state index contributed by atoms with van der Waals surface area (Å²) in [4.78, 5) is 14.3. The standard InChI is InChI=1S/C18H11BrO2S/c19-13-8-6-12(7-9-13)17-15-14(10-21-18(15)20)16(22-17)11-4-2-1-3-5-11/h1-9H,10H2. The van der Waals surface area contributed by atoms with Crippen molar-refractivity contribution < 1.29 is 9.53 Å². The second-order valence-corrected chi connectivity index (χ2v) is 7.00. The second kappa shape index (κ2) is 5.38. The molecule has 0 spiro atoms. The van der Waals surface area contributed by atoms with Crippen LogP contribution in [0.4, 0.5) is 0 Å². The molecule has 3 aromatic rings. The van der Waals surface area contributed by atoms with Crippen LogP contribution in [0.3, 0.4) is 0 Å². The normalized spacial score (nSPS) is 13.0. The smallest absolute Gasteiger partial charge is 0.340 e. The number of rotatable bonds is 2. The molecule has 0 saturated carbocycles. The average Bonchev–Trinajstić information content (AvgIpc) is 3.10. The van der Waals surface area contributed by atoms with Gasteiger partial charge in [0.1, 0.15) is 6.61 Å². The number of halogens is 1. The van der Waals surface area contributed by atoms with Crippen molar-refractivity contribution in [2.45, 2.75) is 6.61 Å². The van der Waals surface area contributed by atoms with Crippen molar-refractivity contribution in [2.75, 3.05) is 0 Å². The zero-order valence-corrected chi connectivity index (χ0v) is 13.9. The average molecular weight is 371 g/mol. The highest BCUT2D eigenvalue weighted by molar-refractivity contribution is 9.10. The van der Waals surface area contributed by atoms with Gasteiger partial charge >= 0.3 is 5.97 Å². The maximum absolute atomic E-state index is 12.1. The van der Waals surface area contributed by atoms with Gasteiger partial charge < -0.3 is 4.74 Å². The predicted octanol–water partition coefficient (Wildman–Crippen LogP) is 5.52. The number of esters is 1. The van der Waals surface area contributed by atoms with Crippen LogP contribution in [0.15, 0.2) is 59.1 Å². The fourth-order valence-electron chi connectivity index (χ4n) is 2.66. The van der Waals surface area contributed by atoms with Crippen molar-refractivity contribution in [3.8, 4) is 20.9 Å². The molecule has 0 atom stereocenters. The van der Waals surface area contributed by atoms with Gasteiger partial charge in [0.25, 0.3) is 0 Å². The number of thiophene rings is 1. The molecule has 2 nitrogen and oxygen atoms in total. The number of carbonyl (C=O) groups is 1. The van der Waals surface area contributed by atoms with Gasteiger partial charge in [0.05, 0.1) is 5.56 Å². The SMILES string of the molecule is O=C1OCc2c(-c3ccccc3)sc(-c3ccc(Br)cc3)c21. The summed E-state index contributed by atoms with van der Waals surface area (Å²) in [6, 6.07) is 18.2. The topological polar surface area (TPSA) is 26.3 Å². The van der Waals surface area contributed by atoms with Crippen molar-refractivity contribution in [3.63, 3.8) is 0 Å².